The van der Waals surface area contributed by atoms with E-state index in [4.69, 9.17) is 9.29 Å². The Labute approximate surface area is 309 Å². The number of carbonyl (C=O) groups excluding carboxylic acids is 2. The van der Waals surface area contributed by atoms with E-state index in [-0.39, 0.29) is 19.6 Å². The van der Waals surface area contributed by atoms with E-state index in [2.05, 4.69) is 15.0 Å². The van der Waals surface area contributed by atoms with Crippen LogP contribution in [0.25, 0.3) is 22.7 Å². The molecule has 0 radical (unpaired) electrons. The number of hydrogen-bond donors (Lipinski definition) is 3. The Bertz CT molecular complexity index is 2210. The van der Waals surface area contributed by atoms with Crippen LogP contribution in [0.15, 0.2) is 70.9 Å². The molecule has 1 amide bonds. The average Bonchev–Trinajstić information content (AvgIpc) is 3.91. The van der Waals surface area contributed by atoms with Gasteiger partial charge in [-0.25, -0.2) is 8.78 Å². The van der Waals surface area contributed by atoms with Gasteiger partial charge in [-0.05, 0) is 72.3 Å². The van der Waals surface area contributed by atoms with Crippen molar-refractivity contribution in [3.63, 3.8) is 0 Å². The number of amides is 1. The van der Waals surface area contributed by atoms with Crippen LogP contribution in [-0.4, -0.2) is 54.9 Å². The van der Waals surface area contributed by atoms with Gasteiger partial charge < -0.3 is 24.3 Å². The van der Waals surface area contributed by atoms with E-state index in [0.717, 1.165) is 26.3 Å². The number of thiophene rings is 1. The van der Waals surface area contributed by atoms with Gasteiger partial charge in [0.15, 0.2) is 23.1 Å². The number of nitrogens with zero attached hydrogens (tertiary/aromatic N) is 1. The summed E-state index contributed by atoms with van der Waals surface area (Å²) in [5.74, 6) is -12.5. The largest absolute Gasteiger partial charge is 0.677 e. The SMILES string of the molecule is O=C(COc1ccc(/C=C/c2ccc(Cc3ccc(-c4cccs4)n3B(F)F)[nH]2)cc1)NCCCCCC(=O)Oc1c(F)c(F)c(S(=O)(=O)O)c(F)c1F. The molecule has 5 aromatic rings. The fourth-order valence-electron chi connectivity index (χ4n) is 5.28. The molecule has 2 aromatic carbocycles. The molecule has 3 aromatic heterocycles. The Morgan fingerprint density at radius 2 is 1.63 bits per heavy atom. The summed E-state index contributed by atoms with van der Waals surface area (Å²) >= 11 is 1.40. The van der Waals surface area contributed by atoms with Crippen molar-refractivity contribution in [3.05, 3.63) is 112 Å². The summed E-state index contributed by atoms with van der Waals surface area (Å²) in [6.07, 6.45) is 4.40. The first-order chi connectivity index (χ1) is 25.7. The lowest BCUT2D eigenvalue weighted by molar-refractivity contribution is -0.135. The van der Waals surface area contributed by atoms with Gasteiger partial charge in [0, 0.05) is 41.3 Å². The first-order valence-electron chi connectivity index (χ1n) is 16.1. The number of nitrogens with one attached hydrogen (secondary N) is 2. The fraction of sp³-hybridized carbons (Fsp3) is 0.200. The van der Waals surface area contributed by atoms with E-state index in [1.165, 1.54) is 11.3 Å². The summed E-state index contributed by atoms with van der Waals surface area (Å²) in [6.45, 7) is -0.0789. The summed E-state index contributed by atoms with van der Waals surface area (Å²) in [6, 6.07) is 17.6. The molecule has 284 valence electrons. The number of ether oxygens (including phenoxy) is 2. The molecule has 0 saturated heterocycles. The van der Waals surface area contributed by atoms with Crippen LogP contribution in [0.3, 0.4) is 0 Å². The predicted octanol–water partition coefficient (Wildman–Crippen LogP) is 7.54. The number of carbonyl (C=O) groups is 2. The summed E-state index contributed by atoms with van der Waals surface area (Å²) in [4.78, 5) is 25.9. The van der Waals surface area contributed by atoms with Crippen molar-refractivity contribution in [3.8, 4) is 22.1 Å². The molecule has 19 heteroatoms. The van der Waals surface area contributed by atoms with Crippen LogP contribution in [0.2, 0.25) is 0 Å². The number of esters is 1. The third kappa shape index (κ3) is 10.0. The molecule has 0 aliphatic carbocycles. The van der Waals surface area contributed by atoms with Crippen molar-refractivity contribution >= 4 is 52.9 Å². The van der Waals surface area contributed by atoms with E-state index in [1.807, 2.05) is 35.7 Å². The zero-order valence-corrected chi connectivity index (χ0v) is 29.6. The van der Waals surface area contributed by atoms with E-state index in [1.54, 1.807) is 42.5 Å². The minimum atomic E-state index is -5.65. The van der Waals surface area contributed by atoms with Crippen LogP contribution in [0, 0.1) is 23.3 Å². The average molecular weight is 794 g/mol. The summed E-state index contributed by atoms with van der Waals surface area (Å²) in [7, 11) is -8.33. The number of rotatable bonds is 17. The van der Waals surface area contributed by atoms with Crippen molar-refractivity contribution in [2.45, 2.75) is 37.0 Å². The van der Waals surface area contributed by atoms with Crippen LogP contribution in [0.4, 0.5) is 26.2 Å². The molecule has 0 aliphatic heterocycles. The normalized spacial score (nSPS) is 11.6. The van der Waals surface area contributed by atoms with Crippen molar-refractivity contribution < 1.29 is 58.2 Å². The van der Waals surface area contributed by atoms with Crippen LogP contribution < -0.4 is 14.8 Å². The molecule has 3 N–H and O–H groups in total. The number of halogens is 6. The lowest BCUT2D eigenvalue weighted by atomic mass is 10.1. The topological polar surface area (TPSA) is 140 Å². The molecule has 0 aliphatic rings. The predicted molar refractivity (Wildman–Crippen MR) is 189 cm³/mol. The van der Waals surface area contributed by atoms with Gasteiger partial charge in [0.1, 0.15) is 5.75 Å². The van der Waals surface area contributed by atoms with Crippen molar-refractivity contribution in [2.75, 3.05) is 13.2 Å². The lowest BCUT2D eigenvalue weighted by Crippen LogP contribution is -2.29. The molecule has 3 heterocycles. The van der Waals surface area contributed by atoms with Gasteiger partial charge in [0.2, 0.25) is 17.4 Å². The maximum atomic E-state index is 14.0. The van der Waals surface area contributed by atoms with Gasteiger partial charge in [-0.3, -0.25) is 22.8 Å². The Hall–Kier alpha value is -5.27. The summed E-state index contributed by atoms with van der Waals surface area (Å²) in [5.41, 5.74) is 3.35. The molecule has 10 nitrogen and oxygen atoms in total. The highest BCUT2D eigenvalue weighted by molar-refractivity contribution is 7.85. The smallest absolute Gasteiger partial charge is 0.484 e. The molecular weight excluding hydrogens is 763 g/mol. The second-order valence-corrected chi connectivity index (χ2v) is 14.0. The molecule has 0 spiro atoms. The second kappa shape index (κ2) is 17.7. The van der Waals surface area contributed by atoms with Gasteiger partial charge in [-0.15, -0.1) is 11.3 Å². The highest BCUT2D eigenvalue weighted by Crippen LogP contribution is 2.33. The number of benzene rings is 2. The Morgan fingerprint density at radius 1 is 0.907 bits per heavy atom. The molecule has 0 atom stereocenters. The molecule has 0 fully saturated rings. The summed E-state index contributed by atoms with van der Waals surface area (Å²) < 4.78 is 125. The quantitative estimate of drug-likeness (QED) is 0.0168. The van der Waals surface area contributed by atoms with Gasteiger partial charge in [-0.2, -0.15) is 17.2 Å². The van der Waals surface area contributed by atoms with Gasteiger partial charge >= 0.3 is 23.5 Å². The van der Waals surface area contributed by atoms with Crippen molar-refractivity contribution in [1.82, 2.24) is 14.8 Å². The van der Waals surface area contributed by atoms with Crippen molar-refractivity contribution in [2.24, 2.45) is 0 Å². The van der Waals surface area contributed by atoms with Crippen LogP contribution in [0.1, 0.15) is 48.3 Å². The van der Waals surface area contributed by atoms with E-state index < -0.39 is 69.7 Å². The minimum absolute atomic E-state index is 0.113. The van der Waals surface area contributed by atoms with Crippen molar-refractivity contribution in [1.29, 1.82) is 0 Å². The van der Waals surface area contributed by atoms with Crippen LogP contribution in [0.5, 0.6) is 11.5 Å². The van der Waals surface area contributed by atoms with Crippen LogP contribution in [-0.2, 0) is 26.1 Å². The highest BCUT2D eigenvalue weighted by Gasteiger charge is 2.34. The van der Waals surface area contributed by atoms with E-state index >= 15 is 0 Å². The zero-order valence-electron chi connectivity index (χ0n) is 28.0. The molecular formula is C35H30BF6N3O7S2. The third-order valence-electron chi connectivity index (χ3n) is 7.85. The minimum Gasteiger partial charge on any atom is -0.484 e. The fourth-order valence-corrected chi connectivity index (χ4v) is 6.66. The van der Waals surface area contributed by atoms with Gasteiger partial charge in [0.25, 0.3) is 5.91 Å². The van der Waals surface area contributed by atoms with Gasteiger partial charge in [-0.1, -0.05) is 30.7 Å². The Balaban J connectivity index is 0.996. The maximum absolute atomic E-state index is 14.0. The first-order valence-corrected chi connectivity index (χ1v) is 18.5. The lowest BCUT2D eigenvalue weighted by Gasteiger charge is -2.10. The monoisotopic (exact) mass is 793 g/mol. The second-order valence-electron chi connectivity index (χ2n) is 11.7. The number of H-pyrrole nitrogens is 1. The highest BCUT2D eigenvalue weighted by atomic mass is 32.2. The molecule has 0 unspecified atom stereocenters. The zero-order chi connectivity index (χ0) is 39.0. The van der Waals surface area contributed by atoms with Crippen LogP contribution >= 0.6 is 11.3 Å². The number of unbranched alkanes of at least 4 members (excludes halogenated alkanes) is 2. The molecule has 0 bridgehead atoms. The number of aromatic nitrogens is 2. The molecule has 0 saturated carbocycles. The number of hydrogen-bond acceptors (Lipinski definition) is 7. The third-order valence-corrected chi connectivity index (χ3v) is 9.62. The Kier molecular flexibility index (Phi) is 13.1. The Morgan fingerprint density at radius 3 is 2.28 bits per heavy atom. The van der Waals surface area contributed by atoms with Gasteiger partial charge in [0.05, 0.1) is 5.69 Å². The van der Waals surface area contributed by atoms with E-state index in [9.17, 15) is 44.2 Å². The number of aromatic amines is 1. The molecule has 54 heavy (non-hydrogen) atoms. The standard InChI is InChI=1S/C35H30BF6N3O7S2/c37-30-32(39)35(54(48,49)50)33(40)31(38)34(30)52-29(47)6-2-1-3-17-43-28(46)20-51-25-14-8-21(9-15-25)7-10-22-11-12-23(44-22)19-24-13-16-26(45(24)36(41)42)27-5-4-18-53-27/h4-5,7-16,18,44H,1-3,6,17,19-20H2,(H,43,46)(H,48,49,50)/b10-7+. The molecule has 5 rings (SSSR count). The maximum Gasteiger partial charge on any atom is 0.677 e. The van der Waals surface area contributed by atoms with E-state index in [0.29, 0.717) is 36.4 Å². The summed E-state index contributed by atoms with van der Waals surface area (Å²) in [5, 5.41) is 4.47. The first kappa shape index (κ1) is 39.9.